The second-order valence-electron chi connectivity index (χ2n) is 9.48. The Morgan fingerprint density at radius 3 is 2.41 bits per heavy atom. The van der Waals surface area contributed by atoms with E-state index in [-0.39, 0.29) is 22.6 Å². The van der Waals surface area contributed by atoms with Gasteiger partial charge in [-0.1, -0.05) is 35.9 Å². The Labute approximate surface area is 190 Å². The van der Waals surface area contributed by atoms with E-state index < -0.39 is 35.3 Å². The van der Waals surface area contributed by atoms with Gasteiger partial charge in [0.25, 0.3) is 0 Å². The van der Waals surface area contributed by atoms with Crippen LogP contribution < -0.4 is 4.90 Å². The van der Waals surface area contributed by atoms with Gasteiger partial charge in [0.15, 0.2) is 5.78 Å². The van der Waals surface area contributed by atoms with Crippen LogP contribution in [0.1, 0.15) is 36.7 Å². The SMILES string of the molecule is CC(C)(C)N1C(=O)[C@@H]2[C@H](C1=O)[C@@H](C(=O)c1ccccc1Cl)N1c3ccc(F)cc3C=C[C@H]21. The summed E-state index contributed by atoms with van der Waals surface area (Å²) in [5, 5.41) is 0.286. The lowest BCUT2D eigenvalue weighted by atomic mass is 9.86. The number of amides is 2. The maximum absolute atomic E-state index is 13.9. The summed E-state index contributed by atoms with van der Waals surface area (Å²) in [5.74, 6) is -2.91. The molecule has 3 aliphatic heterocycles. The average molecular weight is 453 g/mol. The fourth-order valence-corrected chi connectivity index (χ4v) is 5.55. The van der Waals surface area contributed by atoms with Crippen molar-refractivity contribution in [3.63, 3.8) is 0 Å². The molecule has 4 atom stereocenters. The van der Waals surface area contributed by atoms with Crippen molar-refractivity contribution in [1.82, 2.24) is 4.90 Å². The number of carbonyl (C=O) groups is 3. The second-order valence-corrected chi connectivity index (χ2v) is 9.89. The quantitative estimate of drug-likeness (QED) is 0.502. The van der Waals surface area contributed by atoms with Crippen molar-refractivity contribution in [2.75, 3.05) is 4.90 Å². The van der Waals surface area contributed by atoms with E-state index in [0.717, 1.165) is 0 Å². The van der Waals surface area contributed by atoms with Gasteiger partial charge in [-0.05, 0) is 51.1 Å². The van der Waals surface area contributed by atoms with Gasteiger partial charge in [-0.3, -0.25) is 19.3 Å². The third-order valence-electron chi connectivity index (χ3n) is 6.55. The molecule has 32 heavy (non-hydrogen) atoms. The number of likely N-dealkylation sites (tertiary alicyclic amines) is 1. The number of benzene rings is 2. The first-order valence-electron chi connectivity index (χ1n) is 10.5. The summed E-state index contributed by atoms with van der Waals surface area (Å²) >= 11 is 6.34. The fourth-order valence-electron chi connectivity index (χ4n) is 5.33. The third-order valence-corrected chi connectivity index (χ3v) is 6.88. The molecule has 0 N–H and O–H groups in total. The van der Waals surface area contributed by atoms with E-state index in [4.69, 9.17) is 11.6 Å². The largest absolute Gasteiger partial charge is 0.352 e. The maximum atomic E-state index is 13.9. The van der Waals surface area contributed by atoms with E-state index in [1.807, 2.05) is 4.90 Å². The van der Waals surface area contributed by atoms with E-state index in [1.54, 1.807) is 63.3 Å². The van der Waals surface area contributed by atoms with Crippen LogP contribution in [0.5, 0.6) is 0 Å². The van der Waals surface area contributed by atoms with E-state index >= 15 is 0 Å². The number of Topliss-reactive ketones (excluding diaryl/α,β-unsaturated/α-hetero) is 1. The van der Waals surface area contributed by atoms with E-state index in [1.165, 1.54) is 17.0 Å². The number of imide groups is 1. The predicted octanol–water partition coefficient (Wildman–Crippen LogP) is 4.35. The van der Waals surface area contributed by atoms with Gasteiger partial charge >= 0.3 is 0 Å². The Balaban J connectivity index is 1.70. The number of ketones is 1. The zero-order valence-electron chi connectivity index (χ0n) is 17.9. The van der Waals surface area contributed by atoms with Gasteiger partial charge in [0.05, 0.1) is 22.9 Å². The van der Waals surface area contributed by atoms with Crippen LogP contribution in [0.4, 0.5) is 10.1 Å². The van der Waals surface area contributed by atoms with Crippen LogP contribution in [0.3, 0.4) is 0 Å². The molecule has 2 aromatic carbocycles. The van der Waals surface area contributed by atoms with E-state index in [2.05, 4.69) is 0 Å². The zero-order valence-corrected chi connectivity index (χ0v) is 18.6. The number of hydrogen-bond donors (Lipinski definition) is 0. The van der Waals surface area contributed by atoms with Crippen LogP contribution in [0, 0.1) is 17.7 Å². The highest BCUT2D eigenvalue weighted by Gasteiger charge is 2.65. The van der Waals surface area contributed by atoms with Crippen LogP contribution in [0.25, 0.3) is 6.08 Å². The number of halogens is 2. The second kappa shape index (κ2) is 7.01. The predicted molar refractivity (Wildman–Crippen MR) is 120 cm³/mol. The number of anilines is 1. The number of rotatable bonds is 2. The molecule has 7 heteroatoms. The summed E-state index contributed by atoms with van der Waals surface area (Å²) in [6.45, 7) is 5.42. The molecule has 2 amide bonds. The summed E-state index contributed by atoms with van der Waals surface area (Å²) in [5.41, 5.74) is 0.819. The highest BCUT2D eigenvalue weighted by atomic mass is 35.5. The topological polar surface area (TPSA) is 57.7 Å². The molecule has 0 saturated carbocycles. The Kier molecular flexibility index (Phi) is 4.57. The van der Waals surface area contributed by atoms with Crippen LogP contribution in [0.2, 0.25) is 5.02 Å². The molecule has 0 bridgehead atoms. The van der Waals surface area contributed by atoms with Crippen LogP contribution >= 0.6 is 11.6 Å². The molecule has 3 aliphatic rings. The molecule has 5 nitrogen and oxygen atoms in total. The Morgan fingerprint density at radius 2 is 1.72 bits per heavy atom. The van der Waals surface area contributed by atoms with Gasteiger partial charge in [-0.2, -0.15) is 0 Å². The third kappa shape index (κ3) is 2.85. The van der Waals surface area contributed by atoms with Gasteiger partial charge in [0.2, 0.25) is 11.8 Å². The van der Waals surface area contributed by atoms with E-state index in [9.17, 15) is 18.8 Å². The fraction of sp³-hybridized carbons (Fsp3) is 0.320. The standard InChI is InChI=1S/C25H22ClFN2O3/c1-25(2,3)29-23(31)19-18-10-8-13-12-14(27)9-11-17(13)28(18)21(20(19)24(29)32)22(30)15-6-4-5-7-16(15)26/h4-12,18-21H,1-3H3/t18-,19+,20+,21+/m1/s1. The van der Waals surface area contributed by atoms with Crippen molar-refractivity contribution in [2.45, 2.75) is 38.4 Å². The zero-order chi connectivity index (χ0) is 22.9. The Hall–Kier alpha value is -2.99. The molecule has 0 spiro atoms. The van der Waals surface area contributed by atoms with Crippen LogP contribution in [-0.4, -0.2) is 40.1 Å². The smallest absolute Gasteiger partial charge is 0.236 e. The molecule has 164 valence electrons. The van der Waals surface area contributed by atoms with Gasteiger partial charge in [-0.15, -0.1) is 0 Å². The first-order valence-corrected chi connectivity index (χ1v) is 10.9. The van der Waals surface area contributed by atoms with Gasteiger partial charge in [0, 0.05) is 22.4 Å². The minimum atomic E-state index is -0.928. The monoisotopic (exact) mass is 452 g/mol. The lowest BCUT2D eigenvalue weighted by molar-refractivity contribution is -0.145. The van der Waals surface area contributed by atoms with Crippen molar-refractivity contribution in [3.8, 4) is 0 Å². The van der Waals surface area contributed by atoms with Gasteiger partial charge in [0.1, 0.15) is 11.9 Å². The van der Waals surface area contributed by atoms with Gasteiger partial charge < -0.3 is 4.90 Å². The minimum absolute atomic E-state index is 0.285. The molecule has 0 aliphatic carbocycles. The molecular weight excluding hydrogens is 431 g/mol. The van der Waals surface area contributed by atoms with Crippen molar-refractivity contribution in [2.24, 2.45) is 11.8 Å². The normalized spacial score (nSPS) is 26.3. The highest BCUT2D eigenvalue weighted by Crippen LogP contribution is 2.50. The van der Waals surface area contributed by atoms with Crippen molar-refractivity contribution in [3.05, 3.63) is 70.5 Å². The average Bonchev–Trinajstić information content (AvgIpc) is 3.20. The van der Waals surface area contributed by atoms with Gasteiger partial charge in [-0.25, -0.2) is 4.39 Å². The molecule has 2 fully saturated rings. The molecular formula is C25H22ClFN2O3. The molecule has 0 aromatic heterocycles. The molecule has 2 saturated heterocycles. The van der Waals surface area contributed by atoms with Crippen LogP contribution in [0.15, 0.2) is 48.5 Å². The molecule has 0 radical (unpaired) electrons. The van der Waals surface area contributed by atoms with Crippen molar-refractivity contribution < 1.29 is 18.8 Å². The summed E-state index contributed by atoms with van der Waals surface area (Å²) in [7, 11) is 0. The van der Waals surface area contributed by atoms with Crippen molar-refractivity contribution in [1.29, 1.82) is 0 Å². The lowest BCUT2D eigenvalue weighted by Gasteiger charge is -2.38. The number of nitrogens with zero attached hydrogens (tertiary/aromatic N) is 2. The molecule has 3 heterocycles. The maximum Gasteiger partial charge on any atom is 0.236 e. The summed E-state index contributed by atoms with van der Waals surface area (Å²) in [4.78, 5) is 44.0. The first-order chi connectivity index (χ1) is 15.1. The number of carbonyl (C=O) groups excluding carboxylic acids is 3. The highest BCUT2D eigenvalue weighted by molar-refractivity contribution is 6.34. The summed E-state index contributed by atoms with van der Waals surface area (Å²) in [6.07, 6.45) is 3.56. The summed E-state index contributed by atoms with van der Waals surface area (Å²) in [6, 6.07) is 9.59. The van der Waals surface area contributed by atoms with Crippen molar-refractivity contribution >= 4 is 41.0 Å². The molecule has 5 rings (SSSR count). The lowest BCUT2D eigenvalue weighted by Crippen LogP contribution is -2.52. The first kappa shape index (κ1) is 20.9. The molecule has 2 aromatic rings. The number of fused-ring (bicyclic) bond motifs is 5. The van der Waals surface area contributed by atoms with E-state index in [0.29, 0.717) is 16.8 Å². The Bertz CT molecular complexity index is 1200. The minimum Gasteiger partial charge on any atom is -0.352 e. The molecule has 0 unspecified atom stereocenters. The number of hydrogen-bond acceptors (Lipinski definition) is 4. The Morgan fingerprint density at radius 1 is 1.03 bits per heavy atom. The van der Waals surface area contributed by atoms with Crippen LogP contribution in [-0.2, 0) is 9.59 Å². The summed E-state index contributed by atoms with van der Waals surface area (Å²) < 4.78 is 13.9.